The third-order valence-corrected chi connectivity index (χ3v) is 3.63. The minimum atomic E-state index is 0.168. The summed E-state index contributed by atoms with van der Waals surface area (Å²) < 4.78 is 5.49. The molecule has 1 unspecified atom stereocenters. The van der Waals surface area contributed by atoms with Crippen LogP contribution in [0.3, 0.4) is 0 Å². The van der Waals surface area contributed by atoms with Gasteiger partial charge in [0.15, 0.2) is 0 Å². The van der Waals surface area contributed by atoms with Crippen LogP contribution in [-0.4, -0.2) is 18.6 Å². The number of nitrogens with zero attached hydrogens (tertiary/aromatic N) is 1. The highest BCUT2D eigenvalue weighted by Crippen LogP contribution is 2.30. The SMILES string of the molecule is CCCNC(Cc1ccncc1)c1cc(Cl)ccc1OC. The van der Waals surface area contributed by atoms with E-state index in [0.29, 0.717) is 0 Å². The van der Waals surface area contributed by atoms with Crippen LogP contribution < -0.4 is 10.1 Å². The average Bonchev–Trinajstić information content (AvgIpc) is 2.52. The van der Waals surface area contributed by atoms with Crippen LogP contribution in [0.1, 0.15) is 30.5 Å². The maximum atomic E-state index is 6.16. The fraction of sp³-hybridized carbons (Fsp3) is 0.353. The molecule has 0 aliphatic rings. The minimum absolute atomic E-state index is 0.168. The molecule has 0 saturated carbocycles. The first kappa shape index (κ1) is 15.8. The molecule has 1 atom stereocenters. The zero-order valence-electron chi connectivity index (χ0n) is 12.5. The fourth-order valence-corrected chi connectivity index (χ4v) is 2.52. The predicted molar refractivity (Wildman–Crippen MR) is 87.0 cm³/mol. The lowest BCUT2D eigenvalue weighted by Gasteiger charge is -2.21. The Morgan fingerprint density at radius 1 is 1.24 bits per heavy atom. The number of aromatic nitrogens is 1. The molecule has 112 valence electrons. The molecular formula is C17H21ClN2O. The normalized spacial score (nSPS) is 12.1. The summed E-state index contributed by atoms with van der Waals surface area (Å²) in [5, 5.41) is 4.30. The molecule has 21 heavy (non-hydrogen) atoms. The zero-order chi connectivity index (χ0) is 15.1. The van der Waals surface area contributed by atoms with Crippen LogP contribution in [0, 0.1) is 0 Å². The summed E-state index contributed by atoms with van der Waals surface area (Å²) in [6.45, 7) is 3.11. The molecule has 0 fully saturated rings. The van der Waals surface area contributed by atoms with Crippen molar-refractivity contribution >= 4 is 11.6 Å². The van der Waals surface area contributed by atoms with E-state index in [-0.39, 0.29) is 6.04 Å². The van der Waals surface area contributed by atoms with Crippen molar-refractivity contribution in [2.75, 3.05) is 13.7 Å². The van der Waals surface area contributed by atoms with Crippen LogP contribution in [0.4, 0.5) is 0 Å². The van der Waals surface area contributed by atoms with Crippen molar-refractivity contribution < 1.29 is 4.74 Å². The molecular weight excluding hydrogens is 284 g/mol. The van der Waals surface area contributed by atoms with Gasteiger partial charge in [0.05, 0.1) is 7.11 Å². The van der Waals surface area contributed by atoms with Crippen molar-refractivity contribution in [3.63, 3.8) is 0 Å². The van der Waals surface area contributed by atoms with E-state index in [2.05, 4.69) is 17.2 Å². The van der Waals surface area contributed by atoms with Gasteiger partial charge in [-0.1, -0.05) is 18.5 Å². The molecule has 0 radical (unpaired) electrons. The molecule has 4 heteroatoms. The van der Waals surface area contributed by atoms with Crippen molar-refractivity contribution in [2.24, 2.45) is 0 Å². The van der Waals surface area contributed by atoms with E-state index >= 15 is 0 Å². The topological polar surface area (TPSA) is 34.2 Å². The van der Waals surface area contributed by atoms with Crippen LogP contribution in [-0.2, 0) is 6.42 Å². The zero-order valence-corrected chi connectivity index (χ0v) is 13.2. The second-order valence-corrected chi connectivity index (χ2v) is 5.39. The minimum Gasteiger partial charge on any atom is -0.496 e. The van der Waals surface area contributed by atoms with Gasteiger partial charge in [-0.15, -0.1) is 0 Å². The number of ether oxygens (including phenoxy) is 1. The first-order valence-electron chi connectivity index (χ1n) is 7.20. The van der Waals surface area contributed by atoms with Crippen molar-refractivity contribution in [3.8, 4) is 5.75 Å². The smallest absolute Gasteiger partial charge is 0.123 e. The van der Waals surface area contributed by atoms with Crippen molar-refractivity contribution in [1.82, 2.24) is 10.3 Å². The maximum Gasteiger partial charge on any atom is 0.123 e. The summed E-state index contributed by atoms with van der Waals surface area (Å²) in [6.07, 6.45) is 5.60. The molecule has 0 aliphatic heterocycles. The molecule has 2 aromatic rings. The molecule has 3 nitrogen and oxygen atoms in total. The van der Waals surface area contributed by atoms with Gasteiger partial charge in [0.2, 0.25) is 0 Å². The van der Waals surface area contributed by atoms with E-state index in [4.69, 9.17) is 16.3 Å². The van der Waals surface area contributed by atoms with Crippen LogP contribution in [0.15, 0.2) is 42.7 Å². The number of hydrogen-bond acceptors (Lipinski definition) is 3. The van der Waals surface area contributed by atoms with Gasteiger partial charge in [0.1, 0.15) is 5.75 Å². The van der Waals surface area contributed by atoms with E-state index in [9.17, 15) is 0 Å². The highest BCUT2D eigenvalue weighted by molar-refractivity contribution is 6.30. The van der Waals surface area contributed by atoms with Crippen molar-refractivity contribution in [3.05, 3.63) is 58.9 Å². The van der Waals surface area contributed by atoms with Crippen LogP contribution >= 0.6 is 11.6 Å². The van der Waals surface area contributed by atoms with E-state index < -0.39 is 0 Å². The van der Waals surface area contributed by atoms with Crippen LogP contribution in [0.2, 0.25) is 5.02 Å². The van der Waals surface area contributed by atoms with Gasteiger partial charge in [0.25, 0.3) is 0 Å². The number of methoxy groups -OCH3 is 1. The first-order chi connectivity index (χ1) is 10.2. The first-order valence-corrected chi connectivity index (χ1v) is 7.58. The lowest BCUT2D eigenvalue weighted by atomic mass is 9.98. The molecule has 1 N–H and O–H groups in total. The Morgan fingerprint density at radius 2 is 2.00 bits per heavy atom. The Labute approximate surface area is 131 Å². The van der Waals surface area contributed by atoms with Gasteiger partial charge in [-0.25, -0.2) is 0 Å². The summed E-state index contributed by atoms with van der Waals surface area (Å²) in [7, 11) is 1.69. The standard InChI is InChI=1S/C17H21ClN2O/c1-3-8-20-16(11-13-6-9-19-10-7-13)15-12-14(18)4-5-17(15)21-2/h4-7,9-10,12,16,20H,3,8,11H2,1-2H3. The lowest BCUT2D eigenvalue weighted by molar-refractivity contribution is 0.398. The van der Waals surface area contributed by atoms with Crippen molar-refractivity contribution in [1.29, 1.82) is 0 Å². The van der Waals surface area contributed by atoms with E-state index in [1.807, 2.05) is 42.7 Å². The molecule has 1 aromatic heterocycles. The Morgan fingerprint density at radius 3 is 2.67 bits per heavy atom. The number of nitrogens with one attached hydrogen (secondary N) is 1. The molecule has 1 aromatic carbocycles. The van der Waals surface area contributed by atoms with Gasteiger partial charge in [0, 0.05) is 29.0 Å². The van der Waals surface area contributed by atoms with Crippen LogP contribution in [0.5, 0.6) is 5.75 Å². The number of benzene rings is 1. The van der Waals surface area contributed by atoms with E-state index in [1.54, 1.807) is 7.11 Å². The molecule has 1 heterocycles. The Kier molecular flexibility index (Phi) is 6.03. The maximum absolute atomic E-state index is 6.16. The summed E-state index contributed by atoms with van der Waals surface area (Å²) >= 11 is 6.16. The largest absolute Gasteiger partial charge is 0.496 e. The highest BCUT2D eigenvalue weighted by atomic mass is 35.5. The summed E-state index contributed by atoms with van der Waals surface area (Å²) in [6, 6.07) is 10.0. The molecule has 0 amide bonds. The molecule has 0 aliphatic carbocycles. The molecule has 2 rings (SSSR count). The summed E-state index contributed by atoms with van der Waals surface area (Å²) in [5.74, 6) is 0.863. The van der Waals surface area contributed by atoms with Gasteiger partial charge in [-0.2, -0.15) is 0 Å². The van der Waals surface area contributed by atoms with Crippen LogP contribution in [0.25, 0.3) is 0 Å². The number of pyridine rings is 1. The number of hydrogen-bond donors (Lipinski definition) is 1. The predicted octanol–water partition coefficient (Wildman–Crippen LogP) is 4.03. The fourth-order valence-electron chi connectivity index (χ4n) is 2.34. The second-order valence-electron chi connectivity index (χ2n) is 4.95. The molecule has 0 bridgehead atoms. The number of rotatable bonds is 7. The third kappa shape index (κ3) is 4.45. The van der Waals surface area contributed by atoms with Crippen molar-refractivity contribution in [2.45, 2.75) is 25.8 Å². The Bertz CT molecular complexity index is 560. The number of halogens is 1. The second kappa shape index (κ2) is 8.01. The van der Waals surface area contributed by atoms with Gasteiger partial charge in [-0.3, -0.25) is 4.98 Å². The molecule has 0 saturated heterocycles. The highest BCUT2D eigenvalue weighted by Gasteiger charge is 2.16. The summed E-state index contributed by atoms with van der Waals surface area (Å²) in [4.78, 5) is 4.07. The van der Waals surface area contributed by atoms with Gasteiger partial charge < -0.3 is 10.1 Å². The quantitative estimate of drug-likeness (QED) is 0.838. The summed E-state index contributed by atoms with van der Waals surface area (Å²) in [5.41, 5.74) is 2.33. The molecule has 0 spiro atoms. The van der Waals surface area contributed by atoms with E-state index in [1.165, 1.54) is 5.56 Å². The van der Waals surface area contributed by atoms with E-state index in [0.717, 1.165) is 35.7 Å². The van der Waals surface area contributed by atoms with Gasteiger partial charge >= 0.3 is 0 Å². The Hall–Kier alpha value is -1.58. The lowest BCUT2D eigenvalue weighted by Crippen LogP contribution is -2.24. The Balaban J connectivity index is 2.28. The third-order valence-electron chi connectivity index (χ3n) is 3.40. The van der Waals surface area contributed by atoms with Gasteiger partial charge in [-0.05, 0) is 55.3 Å². The monoisotopic (exact) mass is 304 g/mol. The average molecular weight is 305 g/mol.